The molecule has 7 nitrogen and oxygen atoms in total. The molecule has 2 N–H and O–H groups in total. The number of carbonyl (C=O) groups is 2. The first kappa shape index (κ1) is 23.0. The molecule has 0 unspecified atom stereocenters. The van der Waals surface area contributed by atoms with E-state index in [0.717, 1.165) is 11.6 Å². The molecule has 9 heteroatoms. The summed E-state index contributed by atoms with van der Waals surface area (Å²) >= 11 is 0. The zero-order valence-electron chi connectivity index (χ0n) is 17.5. The third-order valence-electron chi connectivity index (χ3n) is 4.69. The van der Waals surface area contributed by atoms with E-state index >= 15 is 0 Å². The van der Waals surface area contributed by atoms with Gasteiger partial charge in [0.2, 0.25) is 5.91 Å². The van der Waals surface area contributed by atoms with Gasteiger partial charge < -0.3 is 10.2 Å². The fraction of sp³-hybridized carbons (Fsp3) is 0.130. The molecule has 0 aliphatic carbocycles. The van der Waals surface area contributed by atoms with Gasteiger partial charge in [-0.3, -0.25) is 14.3 Å². The Morgan fingerprint density at radius 1 is 0.969 bits per heavy atom. The van der Waals surface area contributed by atoms with Crippen molar-refractivity contribution in [1.29, 1.82) is 0 Å². The van der Waals surface area contributed by atoms with Crippen molar-refractivity contribution in [2.75, 3.05) is 17.1 Å². The topological polar surface area (TPSA) is 95.6 Å². The maximum atomic E-state index is 13.8. The number of para-hydroxylation sites is 1. The van der Waals surface area contributed by atoms with Gasteiger partial charge in [0.05, 0.1) is 10.6 Å². The molecular weight excluding hydrogens is 433 g/mol. The van der Waals surface area contributed by atoms with Crippen LogP contribution in [0.5, 0.6) is 0 Å². The van der Waals surface area contributed by atoms with Crippen LogP contribution in [-0.4, -0.2) is 32.2 Å². The molecule has 3 aromatic rings. The maximum Gasteiger partial charge on any atom is 0.261 e. The molecule has 0 spiro atoms. The number of anilines is 2. The molecule has 0 fully saturated rings. The standard InChI is InChI=1S/C23H22FN3O4S/c1-16(28)27(2)15-17-6-5-7-19(14-17)25-23(29)18-10-12-20(13-11-18)32(30,31)26-22-9-4-3-8-21(22)24/h3-14,26H,15H2,1-2H3,(H,25,29). The van der Waals surface area contributed by atoms with Crippen LogP contribution < -0.4 is 10.0 Å². The lowest BCUT2D eigenvalue weighted by Gasteiger charge is -2.15. The average molecular weight is 456 g/mol. The van der Waals surface area contributed by atoms with E-state index in [0.29, 0.717) is 12.2 Å². The van der Waals surface area contributed by atoms with Crippen LogP contribution in [0, 0.1) is 5.82 Å². The number of benzene rings is 3. The van der Waals surface area contributed by atoms with Crippen LogP contribution in [0.2, 0.25) is 0 Å². The van der Waals surface area contributed by atoms with Gasteiger partial charge in [0.1, 0.15) is 5.82 Å². The zero-order valence-corrected chi connectivity index (χ0v) is 18.3. The van der Waals surface area contributed by atoms with E-state index < -0.39 is 21.7 Å². The Morgan fingerprint density at radius 2 is 1.66 bits per heavy atom. The number of amides is 2. The number of nitrogens with one attached hydrogen (secondary N) is 2. The molecule has 166 valence electrons. The fourth-order valence-electron chi connectivity index (χ4n) is 2.87. The van der Waals surface area contributed by atoms with E-state index in [4.69, 9.17) is 0 Å². The smallest absolute Gasteiger partial charge is 0.261 e. The summed E-state index contributed by atoms with van der Waals surface area (Å²) < 4.78 is 40.9. The van der Waals surface area contributed by atoms with Crippen molar-refractivity contribution in [2.45, 2.75) is 18.4 Å². The van der Waals surface area contributed by atoms with Crippen molar-refractivity contribution >= 4 is 33.2 Å². The van der Waals surface area contributed by atoms with E-state index in [2.05, 4.69) is 10.0 Å². The summed E-state index contributed by atoms with van der Waals surface area (Å²) in [6.45, 7) is 1.88. The predicted molar refractivity (Wildman–Crippen MR) is 120 cm³/mol. The summed E-state index contributed by atoms with van der Waals surface area (Å²) in [5.74, 6) is -1.18. The SMILES string of the molecule is CC(=O)N(C)Cc1cccc(NC(=O)c2ccc(S(=O)(=O)Nc3ccccc3F)cc2)c1. The van der Waals surface area contributed by atoms with E-state index in [-0.39, 0.29) is 22.1 Å². The van der Waals surface area contributed by atoms with Crippen LogP contribution in [0.25, 0.3) is 0 Å². The van der Waals surface area contributed by atoms with Gasteiger partial charge in [0.15, 0.2) is 0 Å². The molecule has 0 atom stereocenters. The van der Waals surface area contributed by atoms with Crippen LogP contribution in [0.4, 0.5) is 15.8 Å². The molecular formula is C23H22FN3O4S. The first-order valence-electron chi connectivity index (χ1n) is 9.65. The van der Waals surface area contributed by atoms with Crippen molar-refractivity contribution in [3.05, 3.63) is 89.7 Å². The predicted octanol–water partition coefficient (Wildman–Crippen LogP) is 3.86. The second kappa shape index (κ2) is 9.61. The van der Waals surface area contributed by atoms with Crippen LogP contribution >= 0.6 is 0 Å². The Bertz CT molecular complexity index is 1240. The van der Waals surface area contributed by atoms with E-state index in [9.17, 15) is 22.4 Å². The molecule has 2 amide bonds. The average Bonchev–Trinajstić information content (AvgIpc) is 2.75. The molecule has 3 aromatic carbocycles. The first-order chi connectivity index (χ1) is 15.2. The van der Waals surface area contributed by atoms with Gasteiger partial charge in [-0.25, -0.2) is 12.8 Å². The largest absolute Gasteiger partial charge is 0.342 e. The Balaban J connectivity index is 1.70. The van der Waals surface area contributed by atoms with E-state index in [1.165, 1.54) is 49.4 Å². The number of sulfonamides is 1. The minimum atomic E-state index is -4.02. The molecule has 0 aromatic heterocycles. The highest BCUT2D eigenvalue weighted by molar-refractivity contribution is 7.92. The number of hydrogen-bond acceptors (Lipinski definition) is 4. The van der Waals surface area contributed by atoms with Crippen molar-refractivity contribution in [3.8, 4) is 0 Å². The normalized spacial score (nSPS) is 11.0. The number of rotatable bonds is 7. The zero-order chi connectivity index (χ0) is 23.3. The minimum absolute atomic E-state index is 0.0704. The Morgan fingerprint density at radius 3 is 2.31 bits per heavy atom. The summed E-state index contributed by atoms with van der Waals surface area (Å²) in [6, 6.07) is 17.8. The third kappa shape index (κ3) is 5.70. The lowest BCUT2D eigenvalue weighted by molar-refractivity contribution is -0.128. The summed E-state index contributed by atoms with van der Waals surface area (Å²) in [4.78, 5) is 25.4. The van der Waals surface area contributed by atoms with Crippen molar-refractivity contribution in [2.24, 2.45) is 0 Å². The van der Waals surface area contributed by atoms with Crippen molar-refractivity contribution in [1.82, 2.24) is 4.90 Å². The molecule has 0 aliphatic heterocycles. The van der Waals surface area contributed by atoms with Gasteiger partial charge in [-0.05, 0) is 54.1 Å². The van der Waals surface area contributed by atoms with Crippen LogP contribution in [-0.2, 0) is 21.4 Å². The Kier molecular flexibility index (Phi) is 6.89. The number of hydrogen-bond donors (Lipinski definition) is 2. The molecule has 32 heavy (non-hydrogen) atoms. The summed E-state index contributed by atoms with van der Waals surface area (Å²) in [5, 5.41) is 2.75. The van der Waals surface area contributed by atoms with Gasteiger partial charge in [0.25, 0.3) is 15.9 Å². The van der Waals surface area contributed by atoms with Gasteiger partial charge in [-0.15, -0.1) is 0 Å². The van der Waals surface area contributed by atoms with Gasteiger partial charge in [-0.2, -0.15) is 0 Å². The molecule has 0 bridgehead atoms. The highest BCUT2D eigenvalue weighted by Crippen LogP contribution is 2.20. The number of halogens is 1. The second-order valence-corrected chi connectivity index (χ2v) is 8.82. The molecule has 0 saturated carbocycles. The monoisotopic (exact) mass is 455 g/mol. The minimum Gasteiger partial charge on any atom is -0.342 e. The molecule has 3 rings (SSSR count). The van der Waals surface area contributed by atoms with Gasteiger partial charge in [0, 0.05) is 31.8 Å². The summed E-state index contributed by atoms with van der Waals surface area (Å²) in [5.41, 5.74) is 1.48. The summed E-state index contributed by atoms with van der Waals surface area (Å²) in [6.07, 6.45) is 0. The maximum absolute atomic E-state index is 13.8. The number of nitrogens with zero attached hydrogens (tertiary/aromatic N) is 1. The highest BCUT2D eigenvalue weighted by atomic mass is 32.2. The lowest BCUT2D eigenvalue weighted by Crippen LogP contribution is -2.23. The molecule has 0 aliphatic rings. The highest BCUT2D eigenvalue weighted by Gasteiger charge is 2.17. The number of carbonyl (C=O) groups excluding carboxylic acids is 2. The van der Waals surface area contributed by atoms with E-state index in [1.807, 2.05) is 6.07 Å². The Labute approximate surface area is 185 Å². The summed E-state index contributed by atoms with van der Waals surface area (Å²) in [7, 11) is -2.33. The quantitative estimate of drug-likeness (QED) is 0.566. The van der Waals surface area contributed by atoms with Crippen molar-refractivity contribution < 1.29 is 22.4 Å². The van der Waals surface area contributed by atoms with E-state index in [1.54, 1.807) is 30.1 Å². The second-order valence-electron chi connectivity index (χ2n) is 7.14. The van der Waals surface area contributed by atoms with Crippen LogP contribution in [0.3, 0.4) is 0 Å². The Hall–Kier alpha value is -3.72. The van der Waals surface area contributed by atoms with Gasteiger partial charge in [-0.1, -0.05) is 24.3 Å². The van der Waals surface area contributed by atoms with Crippen LogP contribution in [0.1, 0.15) is 22.8 Å². The van der Waals surface area contributed by atoms with Crippen LogP contribution in [0.15, 0.2) is 77.7 Å². The van der Waals surface area contributed by atoms with Crippen molar-refractivity contribution in [3.63, 3.8) is 0 Å². The lowest BCUT2D eigenvalue weighted by atomic mass is 10.1. The molecule has 0 saturated heterocycles. The molecule has 0 radical (unpaired) electrons. The fourth-order valence-corrected chi connectivity index (χ4v) is 3.94. The first-order valence-corrected chi connectivity index (χ1v) is 11.1. The molecule has 0 heterocycles. The third-order valence-corrected chi connectivity index (χ3v) is 6.07. The van der Waals surface area contributed by atoms with Gasteiger partial charge >= 0.3 is 0 Å².